The Kier molecular flexibility index (Phi) is 3.21. The fourth-order valence-electron chi connectivity index (χ4n) is 2.51. The van der Waals surface area contributed by atoms with Crippen molar-refractivity contribution in [3.05, 3.63) is 54.4 Å². The number of rotatable bonds is 4. The number of aromatic amines is 1. The molecule has 0 amide bonds. The minimum absolute atomic E-state index is 0.124. The highest BCUT2D eigenvalue weighted by Gasteiger charge is 2.11. The zero-order chi connectivity index (χ0) is 13.9. The molecule has 1 heterocycles. The van der Waals surface area contributed by atoms with Gasteiger partial charge in [-0.05, 0) is 28.3 Å². The molecule has 4 heteroatoms. The van der Waals surface area contributed by atoms with Gasteiger partial charge in [0.25, 0.3) is 0 Å². The maximum absolute atomic E-state index is 10.9. The number of carboxylic acids is 1. The number of H-pyrrole nitrogens is 1. The monoisotopic (exact) mass is 266 g/mol. The maximum Gasteiger partial charge on any atom is 0.303 e. The summed E-state index contributed by atoms with van der Waals surface area (Å²) in [6.07, 6.45) is 4.22. The first kappa shape index (κ1) is 12.4. The van der Waals surface area contributed by atoms with E-state index in [0.717, 1.165) is 27.5 Å². The van der Waals surface area contributed by atoms with E-state index in [2.05, 4.69) is 16.3 Å². The molecular weight excluding hydrogens is 252 g/mol. The quantitative estimate of drug-likeness (QED) is 0.761. The number of hydrogen-bond acceptors (Lipinski definition) is 2. The topological polar surface area (TPSA) is 66.0 Å². The Labute approximate surface area is 116 Å². The molecule has 0 unspecified atom stereocenters. The SMILES string of the molecule is O=C(O)CCc1c(-c2cn[nH]c2)ccc2ccccc12. The molecule has 0 atom stereocenters. The Balaban J connectivity index is 2.18. The summed E-state index contributed by atoms with van der Waals surface area (Å²) in [5, 5.41) is 18.0. The predicted octanol–water partition coefficient (Wildman–Crippen LogP) is 3.25. The largest absolute Gasteiger partial charge is 0.481 e. The molecule has 3 aromatic rings. The zero-order valence-electron chi connectivity index (χ0n) is 10.8. The first-order chi connectivity index (χ1) is 9.75. The first-order valence-electron chi connectivity index (χ1n) is 6.47. The third-order valence-electron chi connectivity index (χ3n) is 3.44. The van der Waals surface area contributed by atoms with Gasteiger partial charge in [0.15, 0.2) is 0 Å². The molecule has 0 saturated carbocycles. The van der Waals surface area contributed by atoms with Crippen LogP contribution in [-0.2, 0) is 11.2 Å². The van der Waals surface area contributed by atoms with Gasteiger partial charge < -0.3 is 5.11 Å². The molecule has 0 aliphatic heterocycles. The van der Waals surface area contributed by atoms with E-state index in [9.17, 15) is 4.79 Å². The van der Waals surface area contributed by atoms with Gasteiger partial charge in [0.1, 0.15) is 0 Å². The van der Waals surface area contributed by atoms with Crippen LogP contribution in [0.15, 0.2) is 48.8 Å². The van der Waals surface area contributed by atoms with Crippen LogP contribution in [0.2, 0.25) is 0 Å². The molecule has 20 heavy (non-hydrogen) atoms. The van der Waals surface area contributed by atoms with Crippen molar-refractivity contribution in [2.45, 2.75) is 12.8 Å². The number of hydrogen-bond donors (Lipinski definition) is 2. The standard InChI is InChI=1S/C16H14N2O2/c19-16(20)8-7-15-13-4-2-1-3-11(13)5-6-14(15)12-9-17-18-10-12/h1-6,9-10H,7-8H2,(H,17,18)(H,19,20). The number of aryl methyl sites for hydroxylation is 1. The molecule has 0 fully saturated rings. The van der Waals surface area contributed by atoms with Crippen LogP contribution < -0.4 is 0 Å². The number of nitrogens with one attached hydrogen (secondary N) is 1. The normalized spacial score (nSPS) is 10.8. The highest BCUT2D eigenvalue weighted by Crippen LogP contribution is 2.30. The minimum atomic E-state index is -0.781. The predicted molar refractivity (Wildman–Crippen MR) is 77.5 cm³/mol. The van der Waals surface area contributed by atoms with Crippen molar-refractivity contribution in [2.24, 2.45) is 0 Å². The fourth-order valence-corrected chi connectivity index (χ4v) is 2.51. The summed E-state index contributed by atoms with van der Waals surface area (Å²) in [6.45, 7) is 0. The molecule has 0 aliphatic carbocycles. The molecule has 0 aliphatic rings. The number of aliphatic carboxylic acids is 1. The maximum atomic E-state index is 10.9. The van der Waals surface area contributed by atoms with E-state index in [0.29, 0.717) is 6.42 Å². The van der Waals surface area contributed by atoms with Crippen LogP contribution in [0.4, 0.5) is 0 Å². The van der Waals surface area contributed by atoms with E-state index < -0.39 is 5.97 Å². The molecule has 0 spiro atoms. The van der Waals surface area contributed by atoms with Gasteiger partial charge in [-0.3, -0.25) is 9.89 Å². The molecule has 100 valence electrons. The summed E-state index contributed by atoms with van der Waals surface area (Å²) in [6, 6.07) is 12.1. The van der Waals surface area contributed by atoms with E-state index in [1.54, 1.807) is 6.20 Å². The lowest BCUT2D eigenvalue weighted by Crippen LogP contribution is -1.99. The van der Waals surface area contributed by atoms with Gasteiger partial charge >= 0.3 is 5.97 Å². The smallest absolute Gasteiger partial charge is 0.303 e. The summed E-state index contributed by atoms with van der Waals surface area (Å²) >= 11 is 0. The second-order valence-electron chi connectivity index (χ2n) is 4.69. The van der Waals surface area contributed by atoms with Crippen LogP contribution in [0.1, 0.15) is 12.0 Å². The zero-order valence-corrected chi connectivity index (χ0v) is 10.8. The van der Waals surface area contributed by atoms with Crippen molar-refractivity contribution in [1.82, 2.24) is 10.2 Å². The van der Waals surface area contributed by atoms with Gasteiger partial charge in [-0.2, -0.15) is 5.10 Å². The molecule has 2 N–H and O–H groups in total. The lowest BCUT2D eigenvalue weighted by Gasteiger charge is -2.11. The van der Waals surface area contributed by atoms with Crippen molar-refractivity contribution >= 4 is 16.7 Å². The van der Waals surface area contributed by atoms with Gasteiger partial charge in [0.05, 0.1) is 6.20 Å². The minimum Gasteiger partial charge on any atom is -0.481 e. The van der Waals surface area contributed by atoms with Gasteiger partial charge in [-0.15, -0.1) is 0 Å². The van der Waals surface area contributed by atoms with Gasteiger partial charge in [-0.25, -0.2) is 0 Å². The number of carbonyl (C=O) groups is 1. The van der Waals surface area contributed by atoms with E-state index in [-0.39, 0.29) is 6.42 Å². The molecule has 2 aromatic carbocycles. The molecular formula is C16H14N2O2. The van der Waals surface area contributed by atoms with Gasteiger partial charge in [0, 0.05) is 18.2 Å². The lowest BCUT2D eigenvalue weighted by atomic mass is 9.93. The number of aromatic nitrogens is 2. The summed E-state index contributed by atoms with van der Waals surface area (Å²) in [4.78, 5) is 10.9. The Bertz CT molecular complexity index is 748. The first-order valence-corrected chi connectivity index (χ1v) is 6.47. The Morgan fingerprint density at radius 3 is 2.80 bits per heavy atom. The molecule has 1 aromatic heterocycles. The highest BCUT2D eigenvalue weighted by molar-refractivity contribution is 5.92. The van der Waals surface area contributed by atoms with E-state index in [4.69, 9.17) is 5.11 Å². The highest BCUT2D eigenvalue weighted by atomic mass is 16.4. The second-order valence-corrected chi connectivity index (χ2v) is 4.69. The number of benzene rings is 2. The summed E-state index contributed by atoms with van der Waals surface area (Å²) in [5.41, 5.74) is 3.08. The average molecular weight is 266 g/mol. The van der Waals surface area contributed by atoms with E-state index >= 15 is 0 Å². The fraction of sp³-hybridized carbons (Fsp3) is 0.125. The summed E-state index contributed by atoms with van der Waals surface area (Å²) in [5.74, 6) is -0.781. The van der Waals surface area contributed by atoms with Crippen molar-refractivity contribution in [2.75, 3.05) is 0 Å². The van der Waals surface area contributed by atoms with Gasteiger partial charge in [-0.1, -0.05) is 36.4 Å². The van der Waals surface area contributed by atoms with Crippen LogP contribution in [0.25, 0.3) is 21.9 Å². The molecule has 4 nitrogen and oxygen atoms in total. The molecule has 0 saturated heterocycles. The summed E-state index contributed by atoms with van der Waals surface area (Å²) in [7, 11) is 0. The Morgan fingerprint density at radius 2 is 2.05 bits per heavy atom. The third-order valence-corrected chi connectivity index (χ3v) is 3.44. The van der Waals surface area contributed by atoms with Crippen LogP contribution in [0.5, 0.6) is 0 Å². The second kappa shape index (κ2) is 5.17. The Morgan fingerprint density at radius 1 is 1.20 bits per heavy atom. The van der Waals surface area contributed by atoms with Crippen molar-refractivity contribution in [3.8, 4) is 11.1 Å². The summed E-state index contributed by atoms with van der Waals surface area (Å²) < 4.78 is 0. The molecule has 3 rings (SSSR count). The van der Waals surface area contributed by atoms with E-state index in [1.165, 1.54) is 0 Å². The van der Waals surface area contributed by atoms with Crippen molar-refractivity contribution in [1.29, 1.82) is 0 Å². The average Bonchev–Trinajstić information content (AvgIpc) is 2.98. The van der Waals surface area contributed by atoms with Crippen LogP contribution in [0, 0.1) is 0 Å². The number of carboxylic acid groups (broad SMARTS) is 1. The third kappa shape index (κ3) is 2.28. The molecule has 0 bridgehead atoms. The van der Waals surface area contributed by atoms with Crippen LogP contribution in [-0.4, -0.2) is 21.3 Å². The van der Waals surface area contributed by atoms with Gasteiger partial charge in [0.2, 0.25) is 0 Å². The van der Waals surface area contributed by atoms with Crippen molar-refractivity contribution < 1.29 is 9.90 Å². The van der Waals surface area contributed by atoms with E-state index in [1.807, 2.05) is 36.5 Å². The Hall–Kier alpha value is -2.62. The van der Waals surface area contributed by atoms with Crippen LogP contribution >= 0.6 is 0 Å². The van der Waals surface area contributed by atoms with Crippen LogP contribution in [0.3, 0.4) is 0 Å². The lowest BCUT2D eigenvalue weighted by molar-refractivity contribution is -0.136. The molecule has 0 radical (unpaired) electrons. The van der Waals surface area contributed by atoms with Crippen molar-refractivity contribution in [3.63, 3.8) is 0 Å². The number of nitrogens with zero attached hydrogens (tertiary/aromatic N) is 1. The number of fused-ring (bicyclic) bond motifs is 1.